The van der Waals surface area contributed by atoms with Gasteiger partial charge in [0.2, 0.25) is 0 Å². The van der Waals surface area contributed by atoms with Gasteiger partial charge in [-0.15, -0.1) is 0 Å². The zero-order valence-electron chi connectivity index (χ0n) is 18.3. The lowest BCUT2D eigenvalue weighted by atomic mass is 9.99. The van der Waals surface area contributed by atoms with E-state index < -0.39 is 24.2 Å². The Morgan fingerprint density at radius 2 is 1.94 bits per heavy atom. The average Bonchev–Trinajstić information content (AvgIpc) is 3.00. The van der Waals surface area contributed by atoms with Crippen molar-refractivity contribution in [3.8, 4) is 5.75 Å². The number of para-hydroxylation sites is 1. The molecule has 1 fully saturated rings. The van der Waals surface area contributed by atoms with Crippen molar-refractivity contribution in [2.45, 2.75) is 70.4 Å². The van der Waals surface area contributed by atoms with E-state index in [-0.39, 0.29) is 37.5 Å². The number of allylic oxidation sites excluding steroid dienone is 2. The monoisotopic (exact) mass is 434 g/mol. The van der Waals surface area contributed by atoms with Crippen LogP contribution in [0.25, 0.3) is 0 Å². The van der Waals surface area contributed by atoms with Gasteiger partial charge in [0.1, 0.15) is 24.2 Å². The van der Waals surface area contributed by atoms with Crippen LogP contribution in [0.1, 0.15) is 46.0 Å². The molecule has 7 nitrogen and oxygen atoms in total. The molecule has 4 unspecified atom stereocenters. The Kier molecular flexibility index (Phi) is 10.7. The lowest BCUT2D eigenvalue weighted by molar-refractivity contribution is -0.147. The number of unbranched alkanes of at least 4 members (excludes halogenated alkanes) is 1. The van der Waals surface area contributed by atoms with E-state index >= 15 is 0 Å². The molecule has 0 aliphatic heterocycles. The van der Waals surface area contributed by atoms with Crippen LogP contribution in [-0.2, 0) is 19.1 Å². The van der Waals surface area contributed by atoms with E-state index in [2.05, 4.69) is 0 Å². The molecule has 4 atom stereocenters. The molecule has 0 saturated heterocycles. The first-order valence-electron chi connectivity index (χ1n) is 10.9. The second-order valence-corrected chi connectivity index (χ2v) is 8.06. The standard InChI is InChI=1S/C24H34O7/c1-17(2)31-23(28)13-9-4-3-8-12-20-21(26)14-22(27)24(20)30-16-18(25)15-29-19-10-6-5-7-11-19/h3,5-8,10-11,17-18,20,22,24-25,27H,4,9,12-16H2,1-2H3/b8-3+. The Bertz CT molecular complexity index is 701. The van der Waals surface area contributed by atoms with Crippen LogP contribution in [0.4, 0.5) is 0 Å². The summed E-state index contributed by atoms with van der Waals surface area (Å²) in [5.74, 6) is -0.0454. The van der Waals surface area contributed by atoms with Gasteiger partial charge in [-0.25, -0.2) is 0 Å². The molecule has 0 heterocycles. The van der Waals surface area contributed by atoms with E-state index in [1.165, 1.54) is 0 Å². The summed E-state index contributed by atoms with van der Waals surface area (Å²) < 4.78 is 16.3. The van der Waals surface area contributed by atoms with Gasteiger partial charge in [0, 0.05) is 18.8 Å². The first-order chi connectivity index (χ1) is 14.9. The summed E-state index contributed by atoms with van der Waals surface area (Å²) in [6.45, 7) is 3.67. The van der Waals surface area contributed by atoms with Gasteiger partial charge in [0.25, 0.3) is 0 Å². The normalized spacial score (nSPS) is 22.2. The molecule has 1 saturated carbocycles. The highest BCUT2D eigenvalue weighted by atomic mass is 16.5. The highest BCUT2D eigenvalue weighted by Crippen LogP contribution is 2.29. The largest absolute Gasteiger partial charge is 0.491 e. The van der Waals surface area contributed by atoms with Crippen molar-refractivity contribution in [3.05, 3.63) is 42.5 Å². The fourth-order valence-corrected chi connectivity index (χ4v) is 3.44. The van der Waals surface area contributed by atoms with Gasteiger partial charge >= 0.3 is 5.97 Å². The van der Waals surface area contributed by atoms with E-state index in [0.717, 1.165) is 0 Å². The molecule has 0 radical (unpaired) electrons. The molecular formula is C24H34O7. The van der Waals surface area contributed by atoms with Crippen LogP contribution in [0.15, 0.2) is 42.5 Å². The quantitative estimate of drug-likeness (QED) is 0.280. The fraction of sp³-hybridized carbons (Fsp3) is 0.583. The lowest BCUT2D eigenvalue weighted by Crippen LogP contribution is -2.34. The minimum absolute atomic E-state index is 0.0278. The number of esters is 1. The van der Waals surface area contributed by atoms with E-state index in [4.69, 9.17) is 14.2 Å². The number of ketones is 1. The van der Waals surface area contributed by atoms with Crippen LogP contribution in [0.5, 0.6) is 5.75 Å². The summed E-state index contributed by atoms with van der Waals surface area (Å²) in [5.41, 5.74) is 0. The maximum atomic E-state index is 12.2. The molecule has 1 aromatic carbocycles. The highest BCUT2D eigenvalue weighted by molar-refractivity contribution is 5.85. The van der Waals surface area contributed by atoms with Crippen LogP contribution in [0.2, 0.25) is 0 Å². The van der Waals surface area contributed by atoms with Gasteiger partial charge in [0.15, 0.2) is 0 Å². The van der Waals surface area contributed by atoms with Crippen molar-refractivity contribution in [2.75, 3.05) is 13.2 Å². The maximum Gasteiger partial charge on any atom is 0.306 e. The Hall–Kier alpha value is -2.22. The van der Waals surface area contributed by atoms with Gasteiger partial charge in [-0.2, -0.15) is 0 Å². The number of Topliss-reactive ketones (excluding diaryl/α,β-unsaturated/α-hetero) is 1. The van der Waals surface area contributed by atoms with Crippen LogP contribution in [0.3, 0.4) is 0 Å². The second kappa shape index (κ2) is 13.2. The molecule has 2 N–H and O–H groups in total. The number of hydrogen-bond acceptors (Lipinski definition) is 7. The molecule has 1 aliphatic rings. The fourth-order valence-electron chi connectivity index (χ4n) is 3.44. The number of ether oxygens (including phenoxy) is 3. The number of hydrogen-bond donors (Lipinski definition) is 2. The zero-order chi connectivity index (χ0) is 22.6. The SMILES string of the molecule is CC(C)OC(=O)CCC/C=C/CC1C(=O)CC(O)C1OCC(O)COc1ccccc1. The molecule has 0 aromatic heterocycles. The molecule has 1 aromatic rings. The van der Waals surface area contributed by atoms with E-state index in [1.807, 2.05) is 44.2 Å². The minimum Gasteiger partial charge on any atom is -0.491 e. The summed E-state index contributed by atoms with van der Waals surface area (Å²) in [6, 6.07) is 9.15. The second-order valence-electron chi connectivity index (χ2n) is 8.06. The summed E-state index contributed by atoms with van der Waals surface area (Å²) in [6.07, 6.45) is 3.57. The topological polar surface area (TPSA) is 102 Å². The van der Waals surface area contributed by atoms with E-state index in [1.54, 1.807) is 12.1 Å². The third-order valence-corrected chi connectivity index (χ3v) is 4.94. The third-order valence-electron chi connectivity index (χ3n) is 4.94. The first-order valence-corrected chi connectivity index (χ1v) is 10.9. The predicted octanol–water partition coefficient (Wildman–Crippen LogP) is 2.83. The molecule has 172 valence electrons. The summed E-state index contributed by atoms with van der Waals surface area (Å²) in [4.78, 5) is 23.7. The summed E-state index contributed by atoms with van der Waals surface area (Å²) in [7, 11) is 0. The van der Waals surface area contributed by atoms with Crippen molar-refractivity contribution >= 4 is 11.8 Å². The lowest BCUT2D eigenvalue weighted by Gasteiger charge is -2.22. The number of carbonyl (C=O) groups is 2. The van der Waals surface area contributed by atoms with E-state index in [0.29, 0.717) is 31.4 Å². The predicted molar refractivity (Wildman–Crippen MR) is 116 cm³/mol. The van der Waals surface area contributed by atoms with Crippen molar-refractivity contribution in [1.82, 2.24) is 0 Å². The van der Waals surface area contributed by atoms with Crippen molar-refractivity contribution < 1.29 is 34.0 Å². The van der Waals surface area contributed by atoms with Gasteiger partial charge in [-0.05, 0) is 45.2 Å². The molecule has 7 heteroatoms. The first kappa shape index (κ1) is 25.0. The molecule has 0 amide bonds. The van der Waals surface area contributed by atoms with Gasteiger partial charge in [-0.3, -0.25) is 9.59 Å². The molecule has 2 rings (SSSR count). The number of carbonyl (C=O) groups excluding carboxylic acids is 2. The molecule has 31 heavy (non-hydrogen) atoms. The van der Waals surface area contributed by atoms with Crippen molar-refractivity contribution in [3.63, 3.8) is 0 Å². The molecule has 1 aliphatic carbocycles. The summed E-state index contributed by atoms with van der Waals surface area (Å²) in [5, 5.41) is 20.3. The number of rotatable bonds is 13. The summed E-state index contributed by atoms with van der Waals surface area (Å²) >= 11 is 0. The van der Waals surface area contributed by atoms with Gasteiger partial charge < -0.3 is 24.4 Å². The van der Waals surface area contributed by atoms with Crippen LogP contribution in [-0.4, -0.2) is 59.6 Å². The van der Waals surface area contributed by atoms with Crippen molar-refractivity contribution in [1.29, 1.82) is 0 Å². The Morgan fingerprint density at radius 3 is 2.65 bits per heavy atom. The average molecular weight is 435 g/mol. The van der Waals surface area contributed by atoms with E-state index in [9.17, 15) is 19.8 Å². The maximum absolute atomic E-state index is 12.2. The van der Waals surface area contributed by atoms with Gasteiger partial charge in [-0.1, -0.05) is 30.4 Å². The molecule has 0 bridgehead atoms. The highest BCUT2D eigenvalue weighted by Gasteiger charge is 2.41. The minimum atomic E-state index is -0.876. The Morgan fingerprint density at radius 1 is 1.19 bits per heavy atom. The molecule has 0 spiro atoms. The zero-order valence-corrected chi connectivity index (χ0v) is 18.3. The Labute approximate surface area is 184 Å². The number of aliphatic hydroxyl groups is 2. The van der Waals surface area contributed by atoms with Gasteiger partial charge in [0.05, 0.1) is 24.9 Å². The Balaban J connectivity index is 1.71. The third kappa shape index (κ3) is 9.21. The van der Waals surface area contributed by atoms with Crippen molar-refractivity contribution in [2.24, 2.45) is 5.92 Å². The molecular weight excluding hydrogens is 400 g/mol. The van der Waals surface area contributed by atoms with Crippen LogP contribution >= 0.6 is 0 Å². The van der Waals surface area contributed by atoms with Crippen LogP contribution < -0.4 is 4.74 Å². The smallest absolute Gasteiger partial charge is 0.306 e. The van der Waals surface area contributed by atoms with Crippen LogP contribution in [0, 0.1) is 5.92 Å². The number of benzene rings is 1. The number of aliphatic hydroxyl groups excluding tert-OH is 2.